The van der Waals surface area contributed by atoms with Crippen LogP contribution < -0.4 is 11.0 Å². The zero-order valence-electron chi connectivity index (χ0n) is 6.54. The van der Waals surface area contributed by atoms with E-state index in [0.29, 0.717) is 0 Å². The highest BCUT2D eigenvalue weighted by atomic mass is 16.7. The zero-order valence-corrected chi connectivity index (χ0v) is 6.54. The molecule has 0 saturated carbocycles. The Labute approximate surface area is 72.9 Å². The fraction of sp³-hybridized carbons (Fsp3) is 0.500. The standard InChI is InChI=1S/C6H9NO6/c7-13-5(10)3-1-2(8)4(9)6(11)12-3/h1-2,4,6,8-9H,7H3. The van der Waals surface area contributed by atoms with Crippen LogP contribution in [0.25, 0.3) is 0 Å². The first-order valence-electron chi connectivity index (χ1n) is 3.43. The Kier molecular flexibility index (Phi) is 2.83. The number of rotatable bonds is 1. The molecule has 0 aromatic rings. The van der Waals surface area contributed by atoms with Crippen molar-refractivity contribution in [1.29, 1.82) is 0 Å². The molecular weight excluding hydrogens is 182 g/mol. The van der Waals surface area contributed by atoms with E-state index in [1.165, 1.54) is 0 Å². The minimum Gasteiger partial charge on any atom is -0.819 e. The van der Waals surface area contributed by atoms with E-state index >= 15 is 0 Å². The minimum atomic E-state index is -1.89. The van der Waals surface area contributed by atoms with E-state index in [0.717, 1.165) is 6.08 Å². The highest BCUT2D eigenvalue weighted by Crippen LogP contribution is 2.15. The van der Waals surface area contributed by atoms with Crippen LogP contribution in [-0.2, 0) is 14.4 Å². The minimum absolute atomic E-state index is 0.437. The van der Waals surface area contributed by atoms with E-state index in [1.807, 2.05) is 0 Å². The molecule has 3 unspecified atom stereocenters. The van der Waals surface area contributed by atoms with Crippen molar-refractivity contribution in [2.75, 3.05) is 0 Å². The summed E-state index contributed by atoms with van der Waals surface area (Å²) in [4.78, 5) is 14.8. The molecule has 0 fully saturated rings. The van der Waals surface area contributed by atoms with Crippen molar-refractivity contribution in [2.24, 2.45) is 0 Å². The van der Waals surface area contributed by atoms with Gasteiger partial charge in [0.2, 0.25) is 5.76 Å². The largest absolute Gasteiger partial charge is 0.819 e. The SMILES string of the molecule is [NH3+]OC(=O)C1=CC(O)C(O)C([O-])O1. The van der Waals surface area contributed by atoms with Crippen molar-refractivity contribution in [2.45, 2.75) is 18.5 Å². The normalized spacial score (nSPS) is 33.2. The molecule has 0 bridgehead atoms. The lowest BCUT2D eigenvalue weighted by Crippen LogP contribution is -2.54. The quantitative estimate of drug-likeness (QED) is 0.362. The third-order valence-corrected chi connectivity index (χ3v) is 1.53. The first-order valence-corrected chi connectivity index (χ1v) is 3.43. The maximum Gasteiger partial charge on any atom is 0.430 e. The third-order valence-electron chi connectivity index (χ3n) is 1.53. The maximum absolute atomic E-state index is 10.8. The summed E-state index contributed by atoms with van der Waals surface area (Å²) in [6.45, 7) is 0. The Morgan fingerprint density at radius 2 is 2.31 bits per heavy atom. The van der Waals surface area contributed by atoms with Gasteiger partial charge in [0.1, 0.15) is 12.2 Å². The number of hydrogen-bond acceptors (Lipinski definition) is 6. The van der Waals surface area contributed by atoms with Crippen molar-refractivity contribution in [3.8, 4) is 0 Å². The zero-order chi connectivity index (χ0) is 10.0. The Morgan fingerprint density at radius 3 is 2.77 bits per heavy atom. The highest BCUT2D eigenvalue weighted by Gasteiger charge is 2.29. The molecule has 3 atom stereocenters. The van der Waals surface area contributed by atoms with Crippen molar-refractivity contribution in [3.05, 3.63) is 11.8 Å². The summed E-state index contributed by atoms with van der Waals surface area (Å²) in [5, 5.41) is 28.8. The molecule has 74 valence electrons. The van der Waals surface area contributed by atoms with Gasteiger partial charge in [0, 0.05) is 0 Å². The van der Waals surface area contributed by atoms with Gasteiger partial charge in [-0.2, -0.15) is 5.90 Å². The molecule has 0 aliphatic carbocycles. The maximum atomic E-state index is 10.8. The summed E-state index contributed by atoms with van der Waals surface area (Å²) >= 11 is 0. The predicted octanol–water partition coefficient (Wildman–Crippen LogP) is -3.99. The van der Waals surface area contributed by atoms with Crippen LogP contribution in [0.2, 0.25) is 0 Å². The molecule has 0 spiro atoms. The van der Waals surface area contributed by atoms with Crippen LogP contribution in [-0.4, -0.2) is 34.7 Å². The monoisotopic (exact) mass is 191 g/mol. The van der Waals surface area contributed by atoms with Gasteiger partial charge in [0.25, 0.3) is 0 Å². The molecule has 7 nitrogen and oxygen atoms in total. The molecule has 7 heteroatoms. The predicted molar refractivity (Wildman–Crippen MR) is 33.9 cm³/mol. The van der Waals surface area contributed by atoms with Gasteiger partial charge in [-0.1, -0.05) is 0 Å². The Hall–Kier alpha value is -1.15. The lowest BCUT2D eigenvalue weighted by atomic mass is 10.1. The average molecular weight is 191 g/mol. The van der Waals surface area contributed by atoms with E-state index in [4.69, 9.17) is 10.2 Å². The molecule has 1 heterocycles. The van der Waals surface area contributed by atoms with Gasteiger partial charge < -0.3 is 20.1 Å². The van der Waals surface area contributed by atoms with Gasteiger partial charge in [-0.05, 0) is 6.08 Å². The van der Waals surface area contributed by atoms with Crippen LogP contribution in [0.4, 0.5) is 0 Å². The van der Waals surface area contributed by atoms with Crippen LogP contribution in [0.5, 0.6) is 0 Å². The first kappa shape index (κ1) is 9.93. The van der Waals surface area contributed by atoms with E-state index in [9.17, 15) is 9.90 Å². The second kappa shape index (κ2) is 3.71. The Balaban J connectivity index is 2.78. The van der Waals surface area contributed by atoms with Crippen LogP contribution in [0.1, 0.15) is 0 Å². The van der Waals surface area contributed by atoms with Crippen LogP contribution in [0, 0.1) is 0 Å². The number of ether oxygens (including phenoxy) is 1. The summed E-state index contributed by atoms with van der Waals surface area (Å²) in [6, 6.07) is 0. The van der Waals surface area contributed by atoms with Gasteiger partial charge >= 0.3 is 5.97 Å². The van der Waals surface area contributed by atoms with Gasteiger partial charge in [0.05, 0.1) is 6.29 Å². The second-order valence-corrected chi connectivity index (χ2v) is 2.43. The molecule has 1 rings (SSSR count). The van der Waals surface area contributed by atoms with Crippen molar-refractivity contribution in [3.63, 3.8) is 0 Å². The third kappa shape index (κ3) is 1.95. The summed E-state index contributed by atoms with van der Waals surface area (Å²) in [6.07, 6.45) is -4.01. The van der Waals surface area contributed by atoms with Crippen LogP contribution in [0.3, 0.4) is 0 Å². The number of carbonyl (C=O) groups is 1. The number of carbonyl (C=O) groups excluding carboxylic acids is 1. The smallest absolute Gasteiger partial charge is 0.430 e. The van der Waals surface area contributed by atoms with E-state index < -0.39 is 30.2 Å². The van der Waals surface area contributed by atoms with Gasteiger partial charge in [-0.25, -0.2) is 4.79 Å². The summed E-state index contributed by atoms with van der Waals surface area (Å²) in [5.74, 6) is 1.41. The molecule has 0 aromatic carbocycles. The second-order valence-electron chi connectivity index (χ2n) is 2.43. The lowest BCUT2D eigenvalue weighted by Gasteiger charge is -2.34. The number of aliphatic hydroxyl groups excluding tert-OH is 2. The molecule has 0 aromatic heterocycles. The first-order chi connectivity index (χ1) is 6.06. The Morgan fingerprint density at radius 1 is 1.69 bits per heavy atom. The van der Waals surface area contributed by atoms with Crippen LogP contribution >= 0.6 is 0 Å². The molecule has 0 radical (unpaired) electrons. The summed E-state index contributed by atoms with van der Waals surface area (Å²) in [7, 11) is 0. The molecular formula is C6H9NO6. The molecule has 1 aliphatic heterocycles. The topological polar surface area (TPSA) is 127 Å². The molecule has 1 aliphatic rings. The number of hydrogen-bond donors (Lipinski definition) is 3. The average Bonchev–Trinajstić information content (AvgIpc) is 2.12. The van der Waals surface area contributed by atoms with Gasteiger partial charge in [-0.15, -0.1) is 0 Å². The fourth-order valence-corrected chi connectivity index (χ4v) is 0.836. The molecule has 0 saturated heterocycles. The summed E-state index contributed by atoms with van der Waals surface area (Å²) in [5.41, 5.74) is 0. The van der Waals surface area contributed by atoms with E-state index in [-0.39, 0.29) is 0 Å². The summed E-state index contributed by atoms with van der Waals surface area (Å²) < 4.78 is 4.40. The lowest BCUT2D eigenvalue weighted by molar-refractivity contribution is -0.656. The number of quaternary nitrogens is 1. The van der Waals surface area contributed by atoms with Gasteiger partial charge in [-0.3, -0.25) is 4.84 Å². The van der Waals surface area contributed by atoms with Crippen molar-refractivity contribution in [1.82, 2.24) is 0 Å². The van der Waals surface area contributed by atoms with Crippen molar-refractivity contribution < 1.29 is 35.6 Å². The molecule has 13 heavy (non-hydrogen) atoms. The number of aliphatic hydroxyl groups is 2. The molecule has 5 N–H and O–H groups in total. The van der Waals surface area contributed by atoms with E-state index in [2.05, 4.69) is 15.5 Å². The molecule has 0 amide bonds. The van der Waals surface area contributed by atoms with Gasteiger partial charge in [0.15, 0.2) is 0 Å². The Bertz CT molecular complexity index is 239. The van der Waals surface area contributed by atoms with Crippen LogP contribution in [0.15, 0.2) is 11.8 Å². The van der Waals surface area contributed by atoms with E-state index in [1.54, 1.807) is 0 Å². The highest BCUT2D eigenvalue weighted by molar-refractivity contribution is 5.85. The van der Waals surface area contributed by atoms with Crippen molar-refractivity contribution >= 4 is 5.97 Å². The fourth-order valence-electron chi connectivity index (χ4n) is 0.836.